The van der Waals surface area contributed by atoms with Crippen molar-refractivity contribution in [2.45, 2.75) is 31.1 Å². The first-order valence-corrected chi connectivity index (χ1v) is 13.7. The lowest BCUT2D eigenvalue weighted by Crippen LogP contribution is -2.51. The molecule has 4 atom stereocenters. The van der Waals surface area contributed by atoms with Gasteiger partial charge in [-0.05, 0) is 49.4 Å². The summed E-state index contributed by atoms with van der Waals surface area (Å²) in [6.07, 6.45) is -0.643. The van der Waals surface area contributed by atoms with Gasteiger partial charge >= 0.3 is 23.6 Å². The highest BCUT2D eigenvalue weighted by atomic mass is 16.8. The Balaban J connectivity index is 1.43. The quantitative estimate of drug-likeness (QED) is 0.188. The zero-order chi connectivity index (χ0) is 31.4. The Hall–Kier alpha value is -5.95. The molecule has 0 saturated carbocycles. The van der Waals surface area contributed by atoms with Crippen molar-refractivity contribution >= 4 is 17.9 Å². The fraction of sp³-hybridized carbons (Fsp3) is 0.156. The molecular weight excluding hydrogens is 582 g/mol. The van der Waals surface area contributed by atoms with Gasteiger partial charge in [-0.15, -0.1) is 0 Å². The van der Waals surface area contributed by atoms with E-state index in [9.17, 15) is 19.2 Å². The molecule has 0 radical (unpaired) electrons. The van der Waals surface area contributed by atoms with Crippen LogP contribution in [0.1, 0.15) is 44.2 Å². The zero-order valence-corrected chi connectivity index (χ0v) is 23.7. The van der Waals surface area contributed by atoms with Crippen molar-refractivity contribution in [2.24, 2.45) is 0 Å². The summed E-state index contributed by atoms with van der Waals surface area (Å²) in [4.78, 5) is 61.4. The van der Waals surface area contributed by atoms with Crippen LogP contribution < -0.4 is 5.69 Å². The van der Waals surface area contributed by atoms with Crippen molar-refractivity contribution in [3.05, 3.63) is 143 Å². The molecule has 2 aromatic heterocycles. The van der Waals surface area contributed by atoms with E-state index in [-0.39, 0.29) is 22.5 Å². The van der Waals surface area contributed by atoms with E-state index in [1.807, 2.05) is 0 Å². The first-order valence-electron chi connectivity index (χ1n) is 13.7. The first-order chi connectivity index (χ1) is 21.8. The molecular formula is C32H25N5O8. The summed E-state index contributed by atoms with van der Waals surface area (Å²) in [5.41, 5.74) is -2.20. The molecule has 226 valence electrons. The molecule has 6 rings (SSSR count). The van der Waals surface area contributed by atoms with E-state index in [2.05, 4.69) is 15.1 Å². The van der Waals surface area contributed by atoms with Crippen LogP contribution >= 0.6 is 0 Å². The Morgan fingerprint density at radius 1 is 0.778 bits per heavy atom. The molecule has 0 spiro atoms. The third-order valence-electron chi connectivity index (χ3n) is 7.09. The van der Waals surface area contributed by atoms with Crippen molar-refractivity contribution in [2.75, 3.05) is 0 Å². The van der Waals surface area contributed by atoms with Gasteiger partial charge < -0.3 is 18.9 Å². The topological polar surface area (TPSA) is 154 Å². The smallest absolute Gasteiger partial charge is 0.351 e. The molecule has 45 heavy (non-hydrogen) atoms. The monoisotopic (exact) mass is 607 g/mol. The average Bonchev–Trinajstić information content (AvgIpc) is 3.70. The second-order valence-electron chi connectivity index (χ2n) is 10.1. The molecule has 5 aromatic rings. The Labute approximate surface area is 255 Å². The molecule has 1 fully saturated rings. The molecule has 0 N–H and O–H groups in total. The highest BCUT2D eigenvalue weighted by Gasteiger charge is 2.62. The third-order valence-corrected chi connectivity index (χ3v) is 7.09. The summed E-state index contributed by atoms with van der Waals surface area (Å²) in [6.45, 7) is 1.43. The third kappa shape index (κ3) is 5.96. The lowest BCUT2D eigenvalue weighted by Gasteiger charge is -2.34. The summed E-state index contributed by atoms with van der Waals surface area (Å²) in [7, 11) is 0. The standard InChI is InChI=1S/C32H25N5O8/c1-32(45-28(40)23-15-9-4-10-16-23)25(42-26(38)21-11-5-2-6-12-21)29(43-27(39)22-13-7-3-8-14-22)44-30(32)36-18-17-24(35-31(36)41)37-20-33-19-34-37/h2-20,25,29-30H,1H3/t25-,29+,30-,32-/m1/s1. The minimum Gasteiger partial charge on any atom is -0.448 e. The summed E-state index contributed by atoms with van der Waals surface area (Å²) in [5, 5.41) is 3.98. The van der Waals surface area contributed by atoms with Gasteiger partial charge in [0.15, 0.2) is 17.6 Å². The van der Waals surface area contributed by atoms with Crippen LogP contribution in [0.2, 0.25) is 0 Å². The van der Waals surface area contributed by atoms with Crippen LogP contribution in [0, 0.1) is 0 Å². The molecule has 1 aliphatic rings. The van der Waals surface area contributed by atoms with Crippen LogP contribution in [0.3, 0.4) is 0 Å². The number of esters is 3. The van der Waals surface area contributed by atoms with Crippen LogP contribution in [-0.4, -0.2) is 60.2 Å². The zero-order valence-electron chi connectivity index (χ0n) is 23.7. The molecule has 0 unspecified atom stereocenters. The number of hydrogen-bond acceptors (Lipinski definition) is 11. The molecule has 3 heterocycles. The number of rotatable bonds is 8. The number of carbonyl (C=O) groups is 3. The van der Waals surface area contributed by atoms with Crippen LogP contribution in [0.4, 0.5) is 0 Å². The van der Waals surface area contributed by atoms with Crippen LogP contribution in [0.25, 0.3) is 5.82 Å². The summed E-state index contributed by atoms with van der Waals surface area (Å²) >= 11 is 0. The predicted molar refractivity (Wildman–Crippen MR) is 155 cm³/mol. The van der Waals surface area contributed by atoms with E-state index in [4.69, 9.17) is 18.9 Å². The number of nitrogens with zero attached hydrogens (tertiary/aromatic N) is 5. The highest BCUT2D eigenvalue weighted by Crippen LogP contribution is 2.44. The first kappa shape index (κ1) is 29.1. The van der Waals surface area contributed by atoms with Crippen molar-refractivity contribution in [3.8, 4) is 5.82 Å². The fourth-order valence-corrected chi connectivity index (χ4v) is 4.83. The number of benzene rings is 3. The largest absolute Gasteiger partial charge is 0.448 e. The Bertz CT molecular complexity index is 1870. The minimum atomic E-state index is -1.93. The summed E-state index contributed by atoms with van der Waals surface area (Å²) < 4.78 is 26.1. The van der Waals surface area contributed by atoms with Gasteiger partial charge in [-0.1, -0.05) is 54.6 Å². The van der Waals surface area contributed by atoms with E-state index in [1.54, 1.807) is 54.6 Å². The van der Waals surface area contributed by atoms with Gasteiger partial charge in [0.2, 0.25) is 12.4 Å². The van der Waals surface area contributed by atoms with Crippen LogP contribution in [0.15, 0.2) is 121 Å². The molecule has 1 aliphatic heterocycles. The predicted octanol–water partition coefficient (Wildman–Crippen LogP) is 3.38. The molecule has 13 heteroatoms. The van der Waals surface area contributed by atoms with Crippen LogP contribution in [-0.2, 0) is 18.9 Å². The summed E-state index contributed by atoms with van der Waals surface area (Å²) in [5.74, 6) is -2.25. The van der Waals surface area contributed by atoms with E-state index in [1.165, 1.54) is 72.9 Å². The van der Waals surface area contributed by atoms with Crippen LogP contribution in [0.5, 0.6) is 0 Å². The van der Waals surface area contributed by atoms with Crippen molar-refractivity contribution in [1.29, 1.82) is 0 Å². The van der Waals surface area contributed by atoms with E-state index in [0.717, 1.165) is 4.57 Å². The van der Waals surface area contributed by atoms with E-state index in [0.29, 0.717) is 0 Å². The van der Waals surface area contributed by atoms with Crippen molar-refractivity contribution in [3.63, 3.8) is 0 Å². The maximum atomic E-state index is 13.5. The molecule has 0 bridgehead atoms. The second kappa shape index (κ2) is 12.3. The minimum absolute atomic E-state index is 0.161. The van der Waals surface area contributed by atoms with E-state index < -0.39 is 47.8 Å². The van der Waals surface area contributed by atoms with Gasteiger partial charge in [-0.2, -0.15) is 10.1 Å². The molecule has 1 saturated heterocycles. The van der Waals surface area contributed by atoms with Gasteiger partial charge in [-0.3, -0.25) is 4.57 Å². The number of aromatic nitrogens is 5. The van der Waals surface area contributed by atoms with Gasteiger partial charge in [0.25, 0.3) is 0 Å². The Morgan fingerprint density at radius 3 is 1.87 bits per heavy atom. The van der Waals surface area contributed by atoms with Gasteiger partial charge in [0.05, 0.1) is 16.7 Å². The number of ether oxygens (including phenoxy) is 4. The van der Waals surface area contributed by atoms with E-state index >= 15 is 0 Å². The van der Waals surface area contributed by atoms with Gasteiger partial charge in [-0.25, -0.2) is 28.8 Å². The maximum Gasteiger partial charge on any atom is 0.351 e. The summed E-state index contributed by atoms with van der Waals surface area (Å²) in [6, 6.07) is 25.7. The second-order valence-corrected chi connectivity index (χ2v) is 10.1. The normalized spacial score (nSPS) is 20.7. The molecule has 3 aromatic carbocycles. The Kier molecular flexibility index (Phi) is 7.99. The highest BCUT2D eigenvalue weighted by molar-refractivity contribution is 5.91. The van der Waals surface area contributed by atoms with Crippen molar-refractivity contribution in [1.82, 2.24) is 24.3 Å². The van der Waals surface area contributed by atoms with Gasteiger partial charge in [0.1, 0.15) is 12.7 Å². The van der Waals surface area contributed by atoms with Gasteiger partial charge in [0, 0.05) is 6.20 Å². The SMILES string of the molecule is C[C@@]1(OC(=O)c2ccccc2)[C@H](OC(=O)c2ccccc2)[C@@H](OC(=O)c2ccccc2)O[C@H]1n1ccc(-n2cncn2)nc1=O. The molecule has 0 amide bonds. The molecule has 0 aliphatic carbocycles. The molecule has 13 nitrogen and oxygen atoms in total. The Morgan fingerprint density at radius 2 is 1.33 bits per heavy atom. The average molecular weight is 608 g/mol. The number of carbonyl (C=O) groups excluding carboxylic acids is 3. The lowest BCUT2D eigenvalue weighted by atomic mass is 9.97. The lowest BCUT2D eigenvalue weighted by molar-refractivity contribution is -0.150. The number of hydrogen-bond donors (Lipinski definition) is 0. The fourth-order valence-electron chi connectivity index (χ4n) is 4.83. The maximum absolute atomic E-state index is 13.5. The van der Waals surface area contributed by atoms with Crippen molar-refractivity contribution < 1.29 is 33.3 Å².